The van der Waals surface area contributed by atoms with Crippen molar-refractivity contribution in [2.75, 3.05) is 39.5 Å². The van der Waals surface area contributed by atoms with Gasteiger partial charge in [0.2, 0.25) is 0 Å². The van der Waals surface area contributed by atoms with Crippen LogP contribution in [-0.4, -0.2) is 58.6 Å². The van der Waals surface area contributed by atoms with Crippen LogP contribution in [0.15, 0.2) is 110 Å². The number of aromatic nitrogens is 4. The molecule has 0 atom stereocenters. The number of aromatic hydroxyl groups is 2. The van der Waals surface area contributed by atoms with Gasteiger partial charge >= 0.3 is 0 Å². The Hall–Kier alpha value is -7.23. The molecule has 0 fully saturated rings. The number of nitrogens with zero attached hydrogens (tertiary/aromatic N) is 4. The summed E-state index contributed by atoms with van der Waals surface area (Å²) in [5.74, 6) is 3.62. The highest BCUT2D eigenvalue weighted by Gasteiger charge is 2.13. The van der Waals surface area contributed by atoms with E-state index in [-0.39, 0.29) is 11.5 Å². The number of fused-ring (bicyclic) bond motifs is 4. The minimum Gasteiger partial charge on any atom is -0.697 e. The molecule has 306 valence electrons. The molecule has 0 spiro atoms. The summed E-state index contributed by atoms with van der Waals surface area (Å²) in [5, 5.41) is 28.2. The van der Waals surface area contributed by atoms with Crippen LogP contribution in [0.25, 0.3) is 43.4 Å². The minimum atomic E-state index is 0.241. The highest BCUT2D eigenvalue weighted by molar-refractivity contribution is 6.34. The van der Waals surface area contributed by atoms with Crippen LogP contribution < -0.4 is 30.0 Å². The van der Waals surface area contributed by atoms with Crippen LogP contribution in [0.3, 0.4) is 0 Å². The Kier molecular flexibility index (Phi) is 18.1. The smallest absolute Gasteiger partial charge is 0.162 e. The number of hydrogen-bond donors (Lipinski definition) is 4. The molecule has 0 unspecified atom stereocenters. The maximum absolute atomic E-state index is 10.1. The van der Waals surface area contributed by atoms with Crippen molar-refractivity contribution in [3.63, 3.8) is 0 Å². The molecule has 5 N–H and O–H groups in total. The van der Waals surface area contributed by atoms with E-state index in [9.17, 15) is 10.2 Å². The van der Waals surface area contributed by atoms with E-state index in [4.69, 9.17) is 42.7 Å². The second-order valence-corrected chi connectivity index (χ2v) is 11.7. The highest BCUT2D eigenvalue weighted by atomic mass is 35.5. The first kappa shape index (κ1) is 46.2. The normalized spacial score (nSPS) is 9.75. The topological polar surface area (TPSA) is 167 Å². The lowest BCUT2D eigenvalue weighted by molar-refractivity contribution is 0.356. The van der Waals surface area contributed by atoms with E-state index in [0.717, 1.165) is 49.0 Å². The summed E-state index contributed by atoms with van der Waals surface area (Å²) in [4.78, 5) is 16.7. The fourth-order valence-electron chi connectivity index (χ4n) is 5.66. The maximum atomic E-state index is 10.1. The van der Waals surface area contributed by atoms with Crippen LogP contribution >= 0.6 is 11.6 Å². The number of phenolic OH excluding ortho intramolecular Hbond substituents is 2. The van der Waals surface area contributed by atoms with Gasteiger partial charge in [0.1, 0.15) is 35.1 Å². The predicted octanol–water partition coefficient (Wildman–Crippen LogP) is 10.9. The number of anilines is 3. The Morgan fingerprint density at radius 1 is 0.542 bits per heavy atom. The van der Waals surface area contributed by atoms with Gasteiger partial charge < -0.3 is 53.1 Å². The van der Waals surface area contributed by atoms with Crippen molar-refractivity contribution >= 4 is 72.1 Å². The van der Waals surface area contributed by atoms with Crippen molar-refractivity contribution in [3.8, 4) is 40.9 Å². The summed E-state index contributed by atoms with van der Waals surface area (Å²) in [7, 11) is 6.33. The fraction of sp³-hybridized carbons (Fsp3) is 0.174. The molecule has 8 rings (SSSR count). The van der Waals surface area contributed by atoms with Gasteiger partial charge in [0.25, 0.3) is 0 Å². The van der Waals surface area contributed by atoms with E-state index in [1.54, 1.807) is 58.8 Å². The summed E-state index contributed by atoms with van der Waals surface area (Å²) >= 11 is 5.93. The van der Waals surface area contributed by atoms with E-state index >= 15 is 0 Å². The summed E-state index contributed by atoms with van der Waals surface area (Å²) in [6.45, 7) is 8.00. The monoisotopic (exact) mass is 815 g/mol. The van der Waals surface area contributed by atoms with Gasteiger partial charge in [-0.15, -0.1) is 0 Å². The predicted molar refractivity (Wildman–Crippen MR) is 240 cm³/mol. The molecule has 0 saturated carbocycles. The zero-order valence-corrected chi connectivity index (χ0v) is 35.0. The molecule has 2 heterocycles. The quantitative estimate of drug-likeness (QED) is 0.0413. The number of nitrogens with one attached hydrogen (secondary N) is 1. The number of hydrogen-bond acceptors (Lipinski definition) is 12. The second kappa shape index (κ2) is 23.1. The van der Waals surface area contributed by atoms with Crippen molar-refractivity contribution in [2.45, 2.75) is 27.7 Å². The van der Waals surface area contributed by atoms with Crippen molar-refractivity contribution in [3.05, 3.63) is 121 Å². The SMILES string of the molecule is CC.CC.COc1cc2ncnc(Cl)c2cc1OC.COc1cc2ncnc(Nc3ccc(O)c4ccccc34)c2cc1OC.Nc1ccc(O)c2ccccc12.[C-]#C. The van der Waals surface area contributed by atoms with Crippen molar-refractivity contribution in [1.82, 2.24) is 19.9 Å². The third-order valence-corrected chi connectivity index (χ3v) is 8.62. The maximum Gasteiger partial charge on any atom is 0.162 e. The standard InChI is InChI=1S/C20H17N3O3.C10H9ClN2O2.C10H9NO.2C2H6.C2H/c1-25-18-9-14-16(10-19(18)26-2)21-11-22-20(14)23-15-7-8-17(24)13-6-4-3-5-12(13)15;1-14-8-3-6-7(4-9(8)15-2)12-5-13-10(6)11;11-9-5-6-10(12)8-4-2-1-3-7(8)9;3*1-2/h3-11,24H,1-2H3,(H,21,22,23);3-5H,1-2H3;1-6,12H,11H2;2*1-2H3;1H/q;;;;;-1. The van der Waals surface area contributed by atoms with Gasteiger partial charge in [-0.25, -0.2) is 19.9 Å². The van der Waals surface area contributed by atoms with Gasteiger partial charge in [0, 0.05) is 55.8 Å². The molecule has 2 aromatic heterocycles. The molecule has 0 aliphatic rings. The molecule has 0 aliphatic heterocycles. The van der Waals surface area contributed by atoms with Gasteiger partial charge in [0.15, 0.2) is 23.0 Å². The molecule has 0 saturated heterocycles. The second-order valence-electron chi connectivity index (χ2n) is 11.4. The van der Waals surface area contributed by atoms with E-state index in [1.807, 2.05) is 94.4 Å². The molecule has 8 aromatic rings. The Labute approximate surface area is 349 Å². The average Bonchev–Trinajstić information content (AvgIpc) is 3.30. The molecule has 0 aliphatic carbocycles. The third-order valence-electron chi connectivity index (χ3n) is 8.32. The van der Waals surface area contributed by atoms with Crippen LogP contribution in [0.2, 0.25) is 5.15 Å². The molecule has 13 heteroatoms. The number of benzene rings is 6. The van der Waals surface area contributed by atoms with Crippen molar-refractivity contribution in [1.29, 1.82) is 0 Å². The molecule has 6 aromatic carbocycles. The molecular weight excluding hydrogens is 768 g/mol. The molecule has 59 heavy (non-hydrogen) atoms. The number of terminal acetylenes is 1. The molecule has 0 bridgehead atoms. The van der Waals surface area contributed by atoms with Crippen LogP contribution in [0.5, 0.6) is 34.5 Å². The Morgan fingerprint density at radius 3 is 1.49 bits per heavy atom. The first-order chi connectivity index (χ1) is 28.8. The van der Waals surface area contributed by atoms with E-state index in [2.05, 4.69) is 31.7 Å². The van der Waals surface area contributed by atoms with Gasteiger partial charge in [-0.2, -0.15) is 0 Å². The van der Waals surface area contributed by atoms with Crippen molar-refractivity contribution < 1.29 is 29.2 Å². The summed E-state index contributed by atoms with van der Waals surface area (Å²) < 4.78 is 21.0. The average molecular weight is 816 g/mol. The Morgan fingerprint density at radius 2 is 0.966 bits per heavy atom. The number of rotatable bonds is 6. The zero-order chi connectivity index (χ0) is 43.5. The van der Waals surface area contributed by atoms with Gasteiger partial charge in [-0.3, -0.25) is 0 Å². The molecule has 0 amide bonds. The van der Waals surface area contributed by atoms with Gasteiger partial charge in [0.05, 0.1) is 39.5 Å². The Balaban J connectivity index is 0.000000240. The highest BCUT2D eigenvalue weighted by Crippen LogP contribution is 2.37. The third kappa shape index (κ3) is 11.0. The molecule has 12 nitrogen and oxygen atoms in total. The van der Waals surface area contributed by atoms with E-state index in [0.29, 0.717) is 39.7 Å². The van der Waals surface area contributed by atoms with Gasteiger partial charge in [-0.05, 0) is 36.4 Å². The van der Waals surface area contributed by atoms with Crippen LogP contribution in [0.4, 0.5) is 17.2 Å². The summed E-state index contributed by atoms with van der Waals surface area (Å²) in [6.07, 6.45) is 11.9. The molecule has 0 radical (unpaired) electrons. The summed E-state index contributed by atoms with van der Waals surface area (Å²) in [6, 6.07) is 29.2. The van der Waals surface area contributed by atoms with Gasteiger partial charge in [-0.1, -0.05) is 87.8 Å². The van der Waals surface area contributed by atoms with E-state index in [1.165, 1.54) is 12.7 Å². The van der Waals surface area contributed by atoms with Crippen LogP contribution in [0.1, 0.15) is 27.7 Å². The molecular formula is C46H48ClN6O6-. The first-order valence-electron chi connectivity index (χ1n) is 18.4. The number of halogens is 1. The van der Waals surface area contributed by atoms with E-state index < -0.39 is 0 Å². The number of ether oxygens (including phenoxy) is 4. The van der Waals surface area contributed by atoms with Crippen LogP contribution in [-0.2, 0) is 0 Å². The number of phenols is 2. The van der Waals surface area contributed by atoms with Crippen LogP contribution in [0, 0.1) is 12.8 Å². The lowest BCUT2D eigenvalue weighted by atomic mass is 10.1. The minimum absolute atomic E-state index is 0.241. The number of nitrogen functional groups attached to an aromatic ring is 1. The number of methoxy groups -OCH3 is 4. The Bertz CT molecular complexity index is 2580. The largest absolute Gasteiger partial charge is 0.697 e. The first-order valence-corrected chi connectivity index (χ1v) is 18.8. The number of nitrogens with two attached hydrogens (primary N) is 1. The fourth-order valence-corrected chi connectivity index (χ4v) is 5.86. The van der Waals surface area contributed by atoms with Crippen molar-refractivity contribution in [2.24, 2.45) is 0 Å². The summed E-state index contributed by atoms with van der Waals surface area (Å²) in [5.41, 5.74) is 8.72. The lowest BCUT2D eigenvalue weighted by Crippen LogP contribution is -1.98. The zero-order valence-electron chi connectivity index (χ0n) is 34.2. The lowest BCUT2D eigenvalue weighted by Gasteiger charge is -2.13.